The number of aliphatic hydroxyl groups excluding tert-OH is 1. The summed E-state index contributed by atoms with van der Waals surface area (Å²) in [5.74, 6) is 0. The van der Waals surface area contributed by atoms with Gasteiger partial charge in [0.2, 0.25) is 0 Å². The number of hydrogen-bond donors (Lipinski definition) is 1. The molecular formula is C16H28O2. The Morgan fingerprint density at radius 1 is 1.17 bits per heavy atom. The molecule has 1 aliphatic heterocycles. The first-order chi connectivity index (χ1) is 8.86. The molecule has 18 heavy (non-hydrogen) atoms. The van der Waals surface area contributed by atoms with E-state index in [1.807, 2.05) is 0 Å². The van der Waals surface area contributed by atoms with Crippen molar-refractivity contribution in [1.82, 2.24) is 0 Å². The van der Waals surface area contributed by atoms with Crippen LogP contribution in [-0.2, 0) is 4.74 Å². The average Bonchev–Trinajstić information content (AvgIpc) is 2.37. The fourth-order valence-corrected chi connectivity index (χ4v) is 3.08. The van der Waals surface area contributed by atoms with Crippen LogP contribution in [0.25, 0.3) is 0 Å². The van der Waals surface area contributed by atoms with Crippen LogP contribution in [0.4, 0.5) is 0 Å². The van der Waals surface area contributed by atoms with Crippen LogP contribution in [0.3, 0.4) is 0 Å². The van der Waals surface area contributed by atoms with Crippen molar-refractivity contribution in [3.05, 3.63) is 11.6 Å². The SMILES string of the molecule is OC(CCC1CCCCO1)C1=CCCCCCC1. The summed E-state index contributed by atoms with van der Waals surface area (Å²) in [4.78, 5) is 0. The minimum absolute atomic E-state index is 0.214. The van der Waals surface area contributed by atoms with E-state index in [9.17, 15) is 5.11 Å². The van der Waals surface area contributed by atoms with Crippen molar-refractivity contribution in [1.29, 1.82) is 0 Å². The molecule has 2 heteroatoms. The summed E-state index contributed by atoms with van der Waals surface area (Å²) in [6.07, 6.45) is 15.6. The smallest absolute Gasteiger partial charge is 0.0751 e. The Labute approximate surface area is 111 Å². The van der Waals surface area contributed by atoms with E-state index < -0.39 is 0 Å². The molecule has 1 N–H and O–H groups in total. The topological polar surface area (TPSA) is 29.5 Å². The lowest BCUT2D eigenvalue weighted by Crippen LogP contribution is -2.22. The van der Waals surface area contributed by atoms with Crippen LogP contribution in [0.2, 0.25) is 0 Å². The average molecular weight is 252 g/mol. The van der Waals surface area contributed by atoms with Gasteiger partial charge in [-0.1, -0.05) is 18.9 Å². The van der Waals surface area contributed by atoms with Crippen LogP contribution in [0, 0.1) is 0 Å². The van der Waals surface area contributed by atoms with Gasteiger partial charge in [-0.15, -0.1) is 0 Å². The van der Waals surface area contributed by atoms with Gasteiger partial charge in [-0.3, -0.25) is 0 Å². The zero-order valence-electron chi connectivity index (χ0n) is 11.6. The van der Waals surface area contributed by atoms with Crippen molar-refractivity contribution >= 4 is 0 Å². The van der Waals surface area contributed by atoms with E-state index in [1.165, 1.54) is 50.5 Å². The van der Waals surface area contributed by atoms with Gasteiger partial charge >= 0.3 is 0 Å². The highest BCUT2D eigenvalue weighted by Crippen LogP contribution is 2.24. The second-order valence-corrected chi connectivity index (χ2v) is 5.81. The molecule has 1 heterocycles. The Hall–Kier alpha value is -0.340. The highest BCUT2D eigenvalue weighted by atomic mass is 16.5. The van der Waals surface area contributed by atoms with Gasteiger partial charge < -0.3 is 9.84 Å². The first-order valence-corrected chi connectivity index (χ1v) is 7.85. The molecule has 2 atom stereocenters. The largest absolute Gasteiger partial charge is 0.389 e. The highest BCUT2D eigenvalue weighted by molar-refractivity contribution is 5.08. The summed E-state index contributed by atoms with van der Waals surface area (Å²) < 4.78 is 5.73. The Balaban J connectivity index is 1.73. The lowest BCUT2D eigenvalue weighted by molar-refractivity contribution is 0.00419. The van der Waals surface area contributed by atoms with E-state index in [0.717, 1.165) is 32.3 Å². The molecule has 0 aromatic heterocycles. The van der Waals surface area contributed by atoms with Gasteiger partial charge in [0.25, 0.3) is 0 Å². The van der Waals surface area contributed by atoms with E-state index in [1.54, 1.807) is 0 Å². The molecule has 2 unspecified atom stereocenters. The Morgan fingerprint density at radius 2 is 2.06 bits per heavy atom. The van der Waals surface area contributed by atoms with Crippen LogP contribution in [-0.4, -0.2) is 23.9 Å². The number of hydrogen-bond acceptors (Lipinski definition) is 2. The van der Waals surface area contributed by atoms with Gasteiger partial charge in [0.15, 0.2) is 0 Å². The number of ether oxygens (including phenoxy) is 1. The predicted molar refractivity (Wildman–Crippen MR) is 74.6 cm³/mol. The van der Waals surface area contributed by atoms with Crippen LogP contribution in [0.1, 0.15) is 70.6 Å². The fraction of sp³-hybridized carbons (Fsp3) is 0.875. The van der Waals surface area contributed by atoms with Crippen molar-refractivity contribution in [3.8, 4) is 0 Å². The summed E-state index contributed by atoms with van der Waals surface area (Å²) in [5.41, 5.74) is 1.30. The van der Waals surface area contributed by atoms with Crippen molar-refractivity contribution in [2.24, 2.45) is 0 Å². The number of rotatable bonds is 4. The quantitative estimate of drug-likeness (QED) is 0.767. The molecule has 104 valence electrons. The summed E-state index contributed by atoms with van der Waals surface area (Å²) in [6.45, 7) is 0.920. The highest BCUT2D eigenvalue weighted by Gasteiger charge is 2.17. The molecule has 1 aliphatic carbocycles. The minimum Gasteiger partial charge on any atom is -0.389 e. The van der Waals surface area contributed by atoms with Gasteiger partial charge in [0.1, 0.15) is 0 Å². The van der Waals surface area contributed by atoms with Crippen molar-refractivity contribution in [3.63, 3.8) is 0 Å². The van der Waals surface area contributed by atoms with Gasteiger partial charge in [0, 0.05) is 6.61 Å². The fourth-order valence-electron chi connectivity index (χ4n) is 3.08. The van der Waals surface area contributed by atoms with Gasteiger partial charge in [-0.25, -0.2) is 0 Å². The summed E-state index contributed by atoms with van der Waals surface area (Å²) >= 11 is 0. The maximum Gasteiger partial charge on any atom is 0.0751 e. The Bertz CT molecular complexity index is 254. The third-order valence-corrected chi connectivity index (χ3v) is 4.29. The maximum atomic E-state index is 10.3. The summed E-state index contributed by atoms with van der Waals surface area (Å²) in [6, 6.07) is 0. The molecule has 0 bridgehead atoms. The molecular weight excluding hydrogens is 224 g/mol. The molecule has 2 aliphatic rings. The third kappa shape index (κ3) is 4.74. The molecule has 0 aromatic rings. The Morgan fingerprint density at radius 3 is 2.89 bits per heavy atom. The van der Waals surface area contributed by atoms with E-state index >= 15 is 0 Å². The third-order valence-electron chi connectivity index (χ3n) is 4.29. The van der Waals surface area contributed by atoms with E-state index in [-0.39, 0.29) is 6.10 Å². The molecule has 1 fully saturated rings. The van der Waals surface area contributed by atoms with Gasteiger partial charge in [-0.2, -0.15) is 0 Å². The molecule has 2 rings (SSSR count). The normalized spacial score (nSPS) is 28.1. The molecule has 2 nitrogen and oxygen atoms in total. The van der Waals surface area contributed by atoms with Crippen LogP contribution < -0.4 is 0 Å². The standard InChI is InChI=1S/C16H28O2/c17-16(12-11-15-10-6-7-13-18-15)14-8-4-2-1-3-5-9-14/h8,15-17H,1-7,9-13H2. The lowest BCUT2D eigenvalue weighted by atomic mass is 9.93. The van der Waals surface area contributed by atoms with Crippen molar-refractivity contribution < 1.29 is 9.84 Å². The van der Waals surface area contributed by atoms with Gasteiger partial charge in [0.05, 0.1) is 12.2 Å². The van der Waals surface area contributed by atoms with E-state index in [4.69, 9.17) is 4.74 Å². The monoisotopic (exact) mass is 252 g/mol. The predicted octanol–water partition coefficient (Wildman–Crippen LogP) is 3.98. The van der Waals surface area contributed by atoms with Crippen LogP contribution in [0.15, 0.2) is 11.6 Å². The molecule has 0 spiro atoms. The zero-order valence-corrected chi connectivity index (χ0v) is 11.6. The zero-order chi connectivity index (χ0) is 12.6. The van der Waals surface area contributed by atoms with E-state index in [2.05, 4.69) is 6.08 Å². The van der Waals surface area contributed by atoms with Crippen LogP contribution >= 0.6 is 0 Å². The molecule has 0 aromatic carbocycles. The molecule has 0 amide bonds. The van der Waals surface area contributed by atoms with Crippen LogP contribution in [0.5, 0.6) is 0 Å². The minimum atomic E-state index is -0.214. The van der Waals surface area contributed by atoms with Gasteiger partial charge in [-0.05, 0) is 63.4 Å². The maximum absolute atomic E-state index is 10.3. The first kappa shape index (κ1) is 14.1. The molecule has 0 saturated carbocycles. The summed E-state index contributed by atoms with van der Waals surface area (Å²) in [7, 11) is 0. The second-order valence-electron chi connectivity index (χ2n) is 5.81. The second kappa shape index (κ2) is 7.96. The summed E-state index contributed by atoms with van der Waals surface area (Å²) in [5, 5.41) is 10.3. The lowest BCUT2D eigenvalue weighted by Gasteiger charge is -2.24. The van der Waals surface area contributed by atoms with E-state index in [0.29, 0.717) is 6.10 Å². The number of aliphatic hydroxyl groups is 1. The molecule has 0 radical (unpaired) electrons. The molecule has 1 saturated heterocycles. The Kier molecular flexibility index (Phi) is 6.22. The van der Waals surface area contributed by atoms with Crippen molar-refractivity contribution in [2.75, 3.05) is 6.61 Å². The first-order valence-electron chi connectivity index (χ1n) is 7.85. The number of allylic oxidation sites excluding steroid dienone is 1. The van der Waals surface area contributed by atoms with Crippen molar-refractivity contribution in [2.45, 2.75) is 82.8 Å².